The Labute approximate surface area is 51.7 Å². The lowest BCUT2D eigenvalue weighted by Gasteiger charge is -1.74. The molecule has 0 atom stereocenters. The van der Waals surface area contributed by atoms with Crippen LogP contribution in [0.15, 0.2) is 17.8 Å². The van der Waals surface area contributed by atoms with Gasteiger partial charge in [-0.3, -0.25) is 0 Å². The van der Waals surface area contributed by atoms with Gasteiger partial charge in [-0.15, -0.1) is 11.3 Å². The van der Waals surface area contributed by atoms with Gasteiger partial charge in [-0.2, -0.15) is 0 Å². The summed E-state index contributed by atoms with van der Waals surface area (Å²) in [7, 11) is 0. The van der Waals surface area contributed by atoms with Crippen molar-refractivity contribution in [1.82, 2.24) is 4.98 Å². The molecule has 0 aliphatic carbocycles. The molecule has 1 rings (SSSR count). The standard InChI is InChI=1S/C5H6N2S/c6-2-1-5-7-3-4-8-5/h1-4H,6H2/b2-1-. The molecule has 0 saturated carbocycles. The number of hydrogen-bond acceptors (Lipinski definition) is 3. The molecule has 2 N–H and O–H groups in total. The third-order valence-corrected chi connectivity index (χ3v) is 1.43. The Balaban J connectivity index is 2.77. The van der Waals surface area contributed by atoms with Crippen LogP contribution in [0.25, 0.3) is 6.08 Å². The molecule has 1 heterocycles. The minimum absolute atomic E-state index is 0.951. The van der Waals surface area contributed by atoms with Crippen molar-refractivity contribution in [3.63, 3.8) is 0 Å². The number of aromatic nitrogens is 1. The summed E-state index contributed by atoms with van der Waals surface area (Å²) in [4.78, 5) is 3.96. The Kier molecular flexibility index (Phi) is 1.64. The van der Waals surface area contributed by atoms with Crippen LogP contribution in [-0.2, 0) is 0 Å². The summed E-state index contributed by atoms with van der Waals surface area (Å²) < 4.78 is 0. The van der Waals surface area contributed by atoms with Gasteiger partial charge in [-0.1, -0.05) is 0 Å². The summed E-state index contributed by atoms with van der Waals surface area (Å²) in [5.74, 6) is 0. The van der Waals surface area contributed by atoms with Crippen molar-refractivity contribution in [3.8, 4) is 0 Å². The molecular weight excluding hydrogens is 120 g/mol. The van der Waals surface area contributed by atoms with Crippen molar-refractivity contribution in [3.05, 3.63) is 22.8 Å². The molecule has 2 nitrogen and oxygen atoms in total. The Bertz CT molecular complexity index is 167. The highest BCUT2D eigenvalue weighted by molar-refractivity contribution is 7.10. The monoisotopic (exact) mass is 126 g/mol. The van der Waals surface area contributed by atoms with Crippen molar-refractivity contribution in [2.24, 2.45) is 5.73 Å². The van der Waals surface area contributed by atoms with E-state index in [0.717, 1.165) is 5.01 Å². The lowest BCUT2D eigenvalue weighted by Crippen LogP contribution is -1.74. The molecule has 0 spiro atoms. The van der Waals surface area contributed by atoms with E-state index in [4.69, 9.17) is 5.73 Å². The first kappa shape index (κ1) is 5.31. The van der Waals surface area contributed by atoms with Gasteiger partial charge in [0.15, 0.2) is 0 Å². The van der Waals surface area contributed by atoms with Gasteiger partial charge in [0.1, 0.15) is 5.01 Å². The largest absolute Gasteiger partial charge is 0.405 e. The van der Waals surface area contributed by atoms with Gasteiger partial charge in [0.25, 0.3) is 0 Å². The Morgan fingerprint density at radius 2 is 2.62 bits per heavy atom. The van der Waals surface area contributed by atoms with Crippen LogP contribution < -0.4 is 5.73 Å². The van der Waals surface area contributed by atoms with Crippen molar-refractivity contribution in [2.75, 3.05) is 0 Å². The fourth-order valence-corrected chi connectivity index (χ4v) is 0.939. The van der Waals surface area contributed by atoms with Gasteiger partial charge in [-0.05, 0) is 12.3 Å². The smallest absolute Gasteiger partial charge is 0.117 e. The van der Waals surface area contributed by atoms with Gasteiger partial charge in [-0.25, -0.2) is 4.98 Å². The molecule has 8 heavy (non-hydrogen) atoms. The molecule has 1 aromatic rings. The molecule has 0 fully saturated rings. The van der Waals surface area contributed by atoms with Gasteiger partial charge >= 0.3 is 0 Å². The fourth-order valence-electron chi connectivity index (χ4n) is 0.399. The van der Waals surface area contributed by atoms with Crippen LogP contribution in [0, 0.1) is 0 Å². The molecule has 0 aliphatic rings. The minimum Gasteiger partial charge on any atom is -0.405 e. The van der Waals surface area contributed by atoms with Crippen molar-refractivity contribution in [1.29, 1.82) is 0 Å². The maximum atomic E-state index is 5.11. The second kappa shape index (κ2) is 2.47. The highest BCUT2D eigenvalue weighted by Gasteiger charge is 1.82. The Hall–Kier alpha value is -0.830. The van der Waals surface area contributed by atoms with E-state index in [1.165, 1.54) is 6.20 Å². The summed E-state index contributed by atoms with van der Waals surface area (Å²) in [6, 6.07) is 0. The molecule has 0 aliphatic heterocycles. The van der Waals surface area contributed by atoms with Crippen LogP contribution in [0.1, 0.15) is 5.01 Å². The van der Waals surface area contributed by atoms with E-state index in [1.807, 2.05) is 5.38 Å². The third-order valence-electron chi connectivity index (χ3n) is 0.690. The van der Waals surface area contributed by atoms with Crippen molar-refractivity contribution >= 4 is 17.4 Å². The summed E-state index contributed by atoms with van der Waals surface area (Å²) in [5.41, 5.74) is 5.11. The third kappa shape index (κ3) is 1.07. The highest BCUT2D eigenvalue weighted by atomic mass is 32.1. The topological polar surface area (TPSA) is 38.9 Å². The zero-order valence-corrected chi connectivity index (χ0v) is 5.06. The van der Waals surface area contributed by atoms with Crippen LogP contribution in [0.4, 0.5) is 0 Å². The SMILES string of the molecule is N/C=C\c1nccs1. The van der Waals surface area contributed by atoms with Crippen LogP contribution in [-0.4, -0.2) is 4.98 Å². The highest BCUT2D eigenvalue weighted by Crippen LogP contribution is 2.03. The van der Waals surface area contributed by atoms with Gasteiger partial charge in [0, 0.05) is 11.6 Å². The maximum Gasteiger partial charge on any atom is 0.117 e. The minimum atomic E-state index is 0.951. The van der Waals surface area contributed by atoms with E-state index in [2.05, 4.69) is 4.98 Å². The number of nitrogens with zero attached hydrogens (tertiary/aromatic N) is 1. The predicted molar refractivity (Wildman–Crippen MR) is 35.3 cm³/mol. The van der Waals surface area contributed by atoms with Gasteiger partial charge in [0.05, 0.1) is 0 Å². The first-order valence-electron chi connectivity index (χ1n) is 2.21. The summed E-state index contributed by atoms with van der Waals surface area (Å²) >= 11 is 1.57. The molecule has 42 valence electrons. The number of rotatable bonds is 1. The first-order valence-corrected chi connectivity index (χ1v) is 3.09. The van der Waals surface area contributed by atoms with E-state index in [1.54, 1.807) is 23.6 Å². The van der Waals surface area contributed by atoms with Gasteiger partial charge < -0.3 is 5.73 Å². The zero-order valence-electron chi connectivity index (χ0n) is 4.24. The van der Waals surface area contributed by atoms with Gasteiger partial charge in [0.2, 0.25) is 0 Å². The van der Waals surface area contributed by atoms with Crippen LogP contribution in [0.3, 0.4) is 0 Å². The van der Waals surface area contributed by atoms with E-state index in [-0.39, 0.29) is 0 Å². The molecule has 1 aromatic heterocycles. The first-order chi connectivity index (χ1) is 3.93. The van der Waals surface area contributed by atoms with Crippen LogP contribution in [0.5, 0.6) is 0 Å². The lowest BCUT2D eigenvalue weighted by atomic mass is 10.6. The number of nitrogens with two attached hydrogens (primary N) is 1. The molecule has 3 heteroatoms. The van der Waals surface area contributed by atoms with E-state index in [9.17, 15) is 0 Å². The number of hydrogen-bond donors (Lipinski definition) is 1. The van der Waals surface area contributed by atoms with Crippen molar-refractivity contribution in [2.45, 2.75) is 0 Å². The van der Waals surface area contributed by atoms with E-state index in [0.29, 0.717) is 0 Å². The lowest BCUT2D eigenvalue weighted by molar-refractivity contribution is 1.39. The van der Waals surface area contributed by atoms with Crippen LogP contribution >= 0.6 is 11.3 Å². The zero-order chi connectivity index (χ0) is 5.82. The summed E-state index contributed by atoms with van der Waals surface area (Å²) in [6.07, 6.45) is 5.00. The average Bonchev–Trinajstić information content (AvgIpc) is 2.19. The van der Waals surface area contributed by atoms with E-state index >= 15 is 0 Å². The predicted octanol–water partition coefficient (Wildman–Crippen LogP) is 1.07. The Morgan fingerprint density at radius 1 is 1.75 bits per heavy atom. The summed E-state index contributed by atoms with van der Waals surface area (Å²) in [6.45, 7) is 0. The summed E-state index contributed by atoms with van der Waals surface area (Å²) in [5, 5.41) is 2.86. The second-order valence-corrected chi connectivity index (χ2v) is 2.16. The normalized spacial score (nSPS) is 10.5. The molecule has 0 saturated heterocycles. The molecule has 0 aromatic carbocycles. The van der Waals surface area contributed by atoms with E-state index < -0.39 is 0 Å². The number of thiazole rings is 1. The maximum absolute atomic E-state index is 5.11. The fraction of sp³-hybridized carbons (Fsp3) is 0. The molecule has 0 radical (unpaired) electrons. The average molecular weight is 126 g/mol. The molecule has 0 amide bonds. The Morgan fingerprint density at radius 3 is 3.12 bits per heavy atom. The quantitative estimate of drug-likeness (QED) is 0.611. The molecular formula is C5H6N2S. The molecule has 0 unspecified atom stereocenters. The molecule has 0 bridgehead atoms. The second-order valence-electron chi connectivity index (χ2n) is 1.23. The van der Waals surface area contributed by atoms with Crippen molar-refractivity contribution < 1.29 is 0 Å². The van der Waals surface area contributed by atoms with Crippen LogP contribution in [0.2, 0.25) is 0 Å².